The Labute approximate surface area is 147 Å². The van der Waals surface area contributed by atoms with Crippen molar-refractivity contribution in [1.29, 1.82) is 0 Å². The van der Waals surface area contributed by atoms with Crippen LogP contribution in [0.3, 0.4) is 0 Å². The van der Waals surface area contributed by atoms with Crippen molar-refractivity contribution in [2.24, 2.45) is 0 Å². The molecule has 0 aliphatic carbocycles. The van der Waals surface area contributed by atoms with Crippen LogP contribution in [0.5, 0.6) is 0 Å². The number of rotatable bonds is 8. The third-order valence-electron chi connectivity index (χ3n) is 3.41. The summed E-state index contributed by atoms with van der Waals surface area (Å²) in [6.45, 7) is 5.77. The number of nitrogens with zero attached hydrogens (tertiary/aromatic N) is 1. The van der Waals surface area contributed by atoms with Gasteiger partial charge >= 0.3 is 12.1 Å². The predicted octanol–water partition coefficient (Wildman–Crippen LogP) is 0.877. The van der Waals surface area contributed by atoms with Gasteiger partial charge in [-0.3, -0.25) is 9.59 Å². The fraction of sp³-hybridized carbons (Fsp3) is 0.750. The monoisotopic (exact) mass is 357 g/mol. The number of ether oxygens (including phenoxy) is 1. The highest BCUT2D eigenvalue weighted by atomic mass is 16.7. The molecule has 1 aliphatic rings. The van der Waals surface area contributed by atoms with Crippen LogP contribution in [-0.4, -0.2) is 54.2 Å². The van der Waals surface area contributed by atoms with Crippen LogP contribution >= 0.6 is 0 Å². The summed E-state index contributed by atoms with van der Waals surface area (Å²) >= 11 is 0. The van der Waals surface area contributed by atoms with Crippen LogP contribution in [0.25, 0.3) is 0 Å². The largest absolute Gasteiger partial charge is 0.444 e. The Bertz CT molecular complexity index is 498. The first-order chi connectivity index (χ1) is 11.6. The molecule has 0 radical (unpaired) electrons. The zero-order valence-electron chi connectivity index (χ0n) is 15.2. The zero-order chi connectivity index (χ0) is 19.0. The summed E-state index contributed by atoms with van der Waals surface area (Å²) < 4.78 is 5.11. The third-order valence-corrected chi connectivity index (χ3v) is 3.41. The lowest BCUT2D eigenvalue weighted by Gasteiger charge is -2.20. The van der Waals surface area contributed by atoms with Crippen molar-refractivity contribution in [3.05, 3.63) is 0 Å². The minimum Gasteiger partial charge on any atom is -0.444 e. The van der Waals surface area contributed by atoms with E-state index in [2.05, 4.69) is 10.6 Å². The van der Waals surface area contributed by atoms with Crippen LogP contribution in [-0.2, 0) is 24.0 Å². The van der Waals surface area contributed by atoms with E-state index in [1.165, 1.54) is 0 Å². The lowest BCUT2D eigenvalue weighted by molar-refractivity contribution is -0.199. The maximum atomic E-state index is 12.0. The normalized spacial score (nSPS) is 15.9. The summed E-state index contributed by atoms with van der Waals surface area (Å²) in [6.07, 6.45) is 1.37. The number of nitrogens with one attached hydrogen (secondary N) is 2. The number of hydroxylamine groups is 2. The summed E-state index contributed by atoms with van der Waals surface area (Å²) in [4.78, 5) is 51.3. The number of unbranched alkanes of at least 4 members (excludes halogenated alkanes) is 1. The Hall–Kier alpha value is -2.16. The molecule has 9 nitrogen and oxygen atoms in total. The van der Waals surface area contributed by atoms with E-state index >= 15 is 0 Å². The summed E-state index contributed by atoms with van der Waals surface area (Å²) in [5, 5.41) is 5.97. The molecule has 1 rings (SSSR count). The van der Waals surface area contributed by atoms with E-state index in [0.717, 1.165) is 0 Å². The molecule has 1 fully saturated rings. The summed E-state index contributed by atoms with van der Waals surface area (Å²) in [5.41, 5.74) is -0.546. The topological polar surface area (TPSA) is 114 Å². The van der Waals surface area contributed by atoms with Crippen LogP contribution in [0.2, 0.25) is 0 Å². The molecule has 0 saturated carbocycles. The summed E-state index contributed by atoms with van der Waals surface area (Å²) in [5.74, 6) is -1.68. The Kier molecular flexibility index (Phi) is 7.82. The Morgan fingerprint density at radius 3 is 2.28 bits per heavy atom. The van der Waals surface area contributed by atoms with E-state index < -0.39 is 35.5 Å². The van der Waals surface area contributed by atoms with Crippen molar-refractivity contribution < 1.29 is 28.8 Å². The van der Waals surface area contributed by atoms with E-state index in [0.29, 0.717) is 30.9 Å². The summed E-state index contributed by atoms with van der Waals surface area (Å²) in [7, 11) is 1.60. The zero-order valence-corrected chi connectivity index (χ0v) is 15.2. The van der Waals surface area contributed by atoms with E-state index in [4.69, 9.17) is 9.57 Å². The molecule has 0 bridgehead atoms. The van der Waals surface area contributed by atoms with E-state index in [1.54, 1.807) is 27.8 Å². The number of amides is 3. The number of hydrogen-bond donors (Lipinski definition) is 2. The number of likely N-dealkylation sites (N-methyl/N-ethyl adjacent to an activating group) is 1. The van der Waals surface area contributed by atoms with Crippen LogP contribution in [0.1, 0.15) is 52.9 Å². The smallest absolute Gasteiger partial charge is 0.407 e. The highest BCUT2D eigenvalue weighted by molar-refractivity contribution is 6.01. The molecule has 1 atom stereocenters. The Morgan fingerprint density at radius 1 is 1.16 bits per heavy atom. The summed E-state index contributed by atoms with van der Waals surface area (Å²) in [6, 6.07) is -0.636. The molecule has 1 saturated heterocycles. The van der Waals surface area contributed by atoms with E-state index in [9.17, 15) is 19.2 Å². The first-order valence-electron chi connectivity index (χ1n) is 8.35. The van der Waals surface area contributed by atoms with Crippen molar-refractivity contribution in [2.45, 2.75) is 64.5 Å². The lowest BCUT2D eigenvalue weighted by Crippen LogP contribution is -2.41. The van der Waals surface area contributed by atoms with Gasteiger partial charge in [-0.15, -0.1) is 5.06 Å². The van der Waals surface area contributed by atoms with Gasteiger partial charge in [-0.2, -0.15) is 0 Å². The second kappa shape index (κ2) is 9.36. The van der Waals surface area contributed by atoms with Crippen molar-refractivity contribution in [2.75, 3.05) is 13.6 Å². The number of carbonyl (C=O) groups is 4. The molecule has 0 unspecified atom stereocenters. The highest BCUT2D eigenvalue weighted by Gasteiger charge is 2.34. The molecule has 3 amide bonds. The maximum Gasteiger partial charge on any atom is 0.407 e. The molecule has 1 aliphatic heterocycles. The van der Waals surface area contributed by atoms with Gasteiger partial charge in [0.05, 0.1) is 0 Å². The van der Waals surface area contributed by atoms with Crippen LogP contribution in [0.15, 0.2) is 0 Å². The Morgan fingerprint density at radius 2 is 1.76 bits per heavy atom. The van der Waals surface area contributed by atoms with Crippen molar-refractivity contribution in [1.82, 2.24) is 15.7 Å². The third kappa shape index (κ3) is 7.51. The Balaban J connectivity index is 2.27. The molecule has 9 heteroatoms. The first-order valence-corrected chi connectivity index (χ1v) is 8.35. The maximum absolute atomic E-state index is 12.0. The number of alkyl carbamates (subject to hydrolysis) is 1. The fourth-order valence-corrected chi connectivity index (χ4v) is 2.17. The molecule has 142 valence electrons. The van der Waals surface area contributed by atoms with Gasteiger partial charge in [-0.05, 0) is 47.1 Å². The van der Waals surface area contributed by atoms with Gasteiger partial charge in [0.1, 0.15) is 11.6 Å². The predicted molar refractivity (Wildman–Crippen MR) is 88.1 cm³/mol. The van der Waals surface area contributed by atoms with Crippen molar-refractivity contribution in [3.63, 3.8) is 0 Å². The molecule has 0 aromatic rings. The van der Waals surface area contributed by atoms with Gasteiger partial charge in [0.2, 0.25) is 0 Å². The van der Waals surface area contributed by atoms with Gasteiger partial charge in [0, 0.05) is 19.4 Å². The molecule has 25 heavy (non-hydrogen) atoms. The minimum atomic E-state index is -0.675. The molecule has 0 aromatic carbocycles. The lowest BCUT2D eigenvalue weighted by atomic mass is 10.1. The SMILES string of the molecule is CN[C@@H](CCCCNC(=O)OC(C)(C)C)C(=O)ON1C(=O)CCC1=O. The van der Waals surface area contributed by atoms with Gasteiger partial charge in [0.15, 0.2) is 0 Å². The fourth-order valence-electron chi connectivity index (χ4n) is 2.17. The van der Waals surface area contributed by atoms with Crippen LogP contribution in [0.4, 0.5) is 4.79 Å². The average Bonchev–Trinajstić information content (AvgIpc) is 2.80. The van der Waals surface area contributed by atoms with Gasteiger partial charge < -0.3 is 20.2 Å². The van der Waals surface area contributed by atoms with Crippen LogP contribution < -0.4 is 10.6 Å². The molecule has 0 aromatic heterocycles. The number of hydrogen-bond acceptors (Lipinski definition) is 7. The highest BCUT2D eigenvalue weighted by Crippen LogP contribution is 2.13. The molecular formula is C16H27N3O6. The van der Waals surface area contributed by atoms with Crippen LogP contribution in [0, 0.1) is 0 Å². The van der Waals surface area contributed by atoms with Crippen molar-refractivity contribution in [3.8, 4) is 0 Å². The standard InChI is InChI=1S/C16H27N3O6/c1-16(2,3)24-15(23)18-10-6-5-7-11(17-4)14(22)25-19-12(20)8-9-13(19)21/h11,17H,5-10H2,1-4H3,(H,18,23)/t11-/m0/s1. The van der Waals surface area contributed by atoms with E-state index in [-0.39, 0.29) is 12.8 Å². The molecule has 1 heterocycles. The van der Waals surface area contributed by atoms with Crippen molar-refractivity contribution >= 4 is 23.9 Å². The molecular weight excluding hydrogens is 330 g/mol. The number of carbonyl (C=O) groups excluding carboxylic acids is 4. The van der Waals surface area contributed by atoms with Gasteiger partial charge in [0.25, 0.3) is 11.8 Å². The average molecular weight is 357 g/mol. The minimum absolute atomic E-state index is 0.0622. The second-order valence-corrected chi connectivity index (χ2v) is 6.76. The quantitative estimate of drug-likeness (QED) is 0.489. The first kappa shape index (κ1) is 20.9. The number of imide groups is 1. The van der Waals surface area contributed by atoms with Gasteiger partial charge in [-0.25, -0.2) is 9.59 Å². The molecule has 2 N–H and O–H groups in total. The second-order valence-electron chi connectivity index (χ2n) is 6.76. The molecule has 0 spiro atoms. The van der Waals surface area contributed by atoms with E-state index in [1.807, 2.05) is 0 Å². The van der Waals surface area contributed by atoms with Gasteiger partial charge in [-0.1, -0.05) is 0 Å².